The Morgan fingerprint density at radius 3 is 2.67 bits per heavy atom. The van der Waals surface area contributed by atoms with Crippen molar-refractivity contribution in [2.75, 3.05) is 33.4 Å². The van der Waals surface area contributed by atoms with E-state index in [-0.39, 0.29) is 30.5 Å². The highest BCUT2D eigenvalue weighted by atomic mass is 35.5. The zero-order valence-electron chi connectivity index (χ0n) is 21.5. The number of likely N-dealkylation sites (tertiary alicyclic amines) is 1. The van der Waals surface area contributed by atoms with E-state index in [0.717, 1.165) is 23.8 Å². The van der Waals surface area contributed by atoms with Gasteiger partial charge in [-0.15, -0.1) is 0 Å². The summed E-state index contributed by atoms with van der Waals surface area (Å²) >= 11 is 5.99. The molecule has 1 unspecified atom stereocenters. The largest absolute Gasteiger partial charge is 0.383 e. The lowest BCUT2D eigenvalue weighted by Crippen LogP contribution is -2.46. The molecule has 5 rings (SSSR count). The summed E-state index contributed by atoms with van der Waals surface area (Å²) in [6.07, 6.45) is 2.32. The van der Waals surface area contributed by atoms with E-state index >= 15 is 0 Å². The molecule has 0 bridgehead atoms. The van der Waals surface area contributed by atoms with Gasteiger partial charge in [0, 0.05) is 36.2 Å². The number of amides is 1. The van der Waals surface area contributed by atoms with Crippen molar-refractivity contribution >= 4 is 38.3 Å². The summed E-state index contributed by atoms with van der Waals surface area (Å²) in [4.78, 5) is 20.1. The van der Waals surface area contributed by atoms with Crippen LogP contribution < -0.4 is 0 Å². The molecule has 0 spiro atoms. The number of carbonyl (C=O) groups excluding carboxylic acids is 1. The predicted molar refractivity (Wildman–Crippen MR) is 148 cm³/mol. The smallest absolute Gasteiger partial charge is 0.249 e. The minimum absolute atomic E-state index is 0.0353. The van der Waals surface area contributed by atoms with E-state index in [1.807, 2.05) is 18.2 Å². The lowest BCUT2D eigenvalue weighted by molar-refractivity contribution is -0.136. The van der Waals surface area contributed by atoms with Crippen LogP contribution in [0, 0.1) is 0 Å². The number of rotatable bonds is 9. The molecule has 0 radical (unpaired) electrons. The highest BCUT2D eigenvalue weighted by Gasteiger charge is 2.35. The first-order valence-electron chi connectivity index (χ1n) is 12.7. The molecule has 4 aromatic rings. The van der Waals surface area contributed by atoms with Gasteiger partial charge in [0.2, 0.25) is 27.6 Å². The van der Waals surface area contributed by atoms with Gasteiger partial charge in [0.1, 0.15) is 6.04 Å². The Labute approximate surface area is 232 Å². The summed E-state index contributed by atoms with van der Waals surface area (Å²) in [5, 5.41) is 6.11. The van der Waals surface area contributed by atoms with E-state index in [1.165, 1.54) is 11.4 Å². The van der Waals surface area contributed by atoms with Crippen LogP contribution >= 0.6 is 11.6 Å². The molecule has 2 heterocycles. The van der Waals surface area contributed by atoms with Crippen molar-refractivity contribution in [2.24, 2.45) is 0 Å². The van der Waals surface area contributed by atoms with Gasteiger partial charge in [-0.1, -0.05) is 53.2 Å². The van der Waals surface area contributed by atoms with E-state index in [4.69, 9.17) is 20.9 Å². The molecule has 204 valence electrons. The van der Waals surface area contributed by atoms with Crippen LogP contribution in [-0.4, -0.2) is 67.0 Å². The van der Waals surface area contributed by atoms with Gasteiger partial charge in [0.05, 0.1) is 18.0 Å². The van der Waals surface area contributed by atoms with Gasteiger partial charge in [-0.2, -0.15) is 9.29 Å². The first-order valence-corrected chi connectivity index (χ1v) is 14.6. The third-order valence-corrected chi connectivity index (χ3v) is 9.03. The summed E-state index contributed by atoms with van der Waals surface area (Å²) in [7, 11) is -2.51. The summed E-state index contributed by atoms with van der Waals surface area (Å²) < 4.78 is 39.7. The molecule has 1 fully saturated rings. The second kappa shape index (κ2) is 11.8. The Bertz CT molecular complexity index is 1550. The van der Waals surface area contributed by atoms with Gasteiger partial charge >= 0.3 is 0 Å². The summed E-state index contributed by atoms with van der Waals surface area (Å²) in [5.41, 5.74) is 0.745. The molecule has 0 saturated carbocycles. The quantitative estimate of drug-likeness (QED) is 0.282. The standard InChI is InChI=1S/C28H29ClN4O5S/c1-37-18-17-32(39(35,36)25-11-6-8-20-7-2-3-9-23(20)25)19-26(34)33-16-5-4-10-24(33)28-30-27(31-38-28)21-12-14-22(29)15-13-21/h2-3,6-9,11-15,24H,4-5,10,16-19H2,1H3. The molecule has 1 aliphatic heterocycles. The lowest BCUT2D eigenvalue weighted by atomic mass is 10.0. The van der Waals surface area contributed by atoms with Crippen molar-refractivity contribution in [2.45, 2.75) is 30.2 Å². The van der Waals surface area contributed by atoms with Gasteiger partial charge in [-0.05, 0) is 55.0 Å². The van der Waals surface area contributed by atoms with Crippen molar-refractivity contribution in [1.82, 2.24) is 19.3 Å². The number of benzene rings is 3. The predicted octanol–water partition coefficient (Wildman–Crippen LogP) is 4.93. The molecule has 0 aliphatic carbocycles. The number of carbonyl (C=O) groups is 1. The minimum Gasteiger partial charge on any atom is -0.383 e. The number of hydrogen-bond donors (Lipinski definition) is 0. The fourth-order valence-electron chi connectivity index (χ4n) is 4.85. The maximum absolute atomic E-state index is 13.9. The Kier molecular flexibility index (Phi) is 8.27. The zero-order chi connectivity index (χ0) is 27.4. The first kappa shape index (κ1) is 27.3. The maximum Gasteiger partial charge on any atom is 0.249 e. The number of sulfonamides is 1. The molecular weight excluding hydrogens is 540 g/mol. The molecule has 3 aromatic carbocycles. The Hall–Kier alpha value is -3.31. The van der Waals surface area contributed by atoms with E-state index in [9.17, 15) is 13.2 Å². The van der Waals surface area contributed by atoms with Crippen LogP contribution in [-0.2, 0) is 19.6 Å². The Balaban J connectivity index is 1.41. The zero-order valence-corrected chi connectivity index (χ0v) is 23.1. The number of hydrogen-bond acceptors (Lipinski definition) is 7. The lowest BCUT2D eigenvalue weighted by Gasteiger charge is -2.35. The third kappa shape index (κ3) is 5.84. The molecule has 1 aromatic heterocycles. The minimum atomic E-state index is -4.01. The van der Waals surface area contributed by atoms with E-state index in [1.54, 1.807) is 53.4 Å². The fourth-order valence-corrected chi connectivity index (χ4v) is 6.57. The average Bonchev–Trinajstić information content (AvgIpc) is 3.45. The number of nitrogens with zero attached hydrogens (tertiary/aromatic N) is 4. The number of fused-ring (bicyclic) bond motifs is 1. The van der Waals surface area contributed by atoms with Gasteiger partial charge in [0.15, 0.2) is 0 Å². The van der Waals surface area contributed by atoms with Crippen LogP contribution in [0.25, 0.3) is 22.2 Å². The van der Waals surface area contributed by atoms with E-state index in [0.29, 0.717) is 35.1 Å². The van der Waals surface area contributed by atoms with Crippen molar-refractivity contribution in [3.05, 3.63) is 77.6 Å². The van der Waals surface area contributed by atoms with Crippen LogP contribution in [0.2, 0.25) is 5.02 Å². The van der Waals surface area contributed by atoms with Gasteiger partial charge in [0.25, 0.3) is 0 Å². The number of aromatic nitrogens is 2. The third-order valence-electron chi connectivity index (χ3n) is 6.88. The van der Waals surface area contributed by atoms with Crippen molar-refractivity contribution in [3.63, 3.8) is 0 Å². The summed E-state index contributed by atoms with van der Waals surface area (Å²) in [6, 6.07) is 19.1. The van der Waals surface area contributed by atoms with Crippen molar-refractivity contribution < 1.29 is 22.5 Å². The molecule has 1 saturated heterocycles. The summed E-state index contributed by atoms with van der Waals surface area (Å²) in [6.45, 7) is 0.320. The normalized spacial score (nSPS) is 16.2. The van der Waals surface area contributed by atoms with E-state index in [2.05, 4.69) is 10.1 Å². The van der Waals surface area contributed by atoms with Gasteiger partial charge in [-0.25, -0.2) is 8.42 Å². The number of piperidine rings is 1. The SMILES string of the molecule is COCCN(CC(=O)N1CCCCC1c1nc(-c2ccc(Cl)cc2)no1)S(=O)(=O)c1cccc2ccccc12. The highest BCUT2D eigenvalue weighted by molar-refractivity contribution is 7.89. The van der Waals surface area contributed by atoms with Gasteiger partial charge in [-0.3, -0.25) is 4.79 Å². The molecule has 1 aliphatic rings. The highest BCUT2D eigenvalue weighted by Crippen LogP contribution is 2.32. The first-order chi connectivity index (χ1) is 18.9. The molecule has 39 heavy (non-hydrogen) atoms. The van der Waals surface area contributed by atoms with E-state index < -0.39 is 16.1 Å². The van der Waals surface area contributed by atoms with Crippen LogP contribution in [0.4, 0.5) is 0 Å². The molecule has 1 amide bonds. The summed E-state index contributed by atoms with van der Waals surface area (Å²) in [5.74, 6) is 0.402. The number of ether oxygens (including phenoxy) is 1. The Morgan fingerprint density at radius 2 is 1.87 bits per heavy atom. The molecule has 0 N–H and O–H groups in total. The second-order valence-electron chi connectivity index (χ2n) is 9.37. The van der Waals surface area contributed by atoms with Crippen LogP contribution in [0.5, 0.6) is 0 Å². The number of methoxy groups -OCH3 is 1. The molecular formula is C28H29ClN4O5S. The monoisotopic (exact) mass is 568 g/mol. The topological polar surface area (TPSA) is 106 Å². The van der Waals surface area contributed by atoms with Crippen LogP contribution in [0.1, 0.15) is 31.2 Å². The second-order valence-corrected chi connectivity index (χ2v) is 11.7. The van der Waals surface area contributed by atoms with Crippen molar-refractivity contribution in [1.29, 1.82) is 0 Å². The molecule has 11 heteroatoms. The molecule has 1 atom stereocenters. The maximum atomic E-state index is 13.9. The Morgan fingerprint density at radius 1 is 1.10 bits per heavy atom. The molecule has 9 nitrogen and oxygen atoms in total. The number of halogens is 1. The van der Waals surface area contributed by atoms with Crippen molar-refractivity contribution in [3.8, 4) is 11.4 Å². The van der Waals surface area contributed by atoms with Crippen LogP contribution in [0.3, 0.4) is 0 Å². The fraction of sp³-hybridized carbons (Fsp3) is 0.321. The van der Waals surface area contributed by atoms with Gasteiger partial charge < -0.3 is 14.2 Å². The average molecular weight is 569 g/mol. The van der Waals surface area contributed by atoms with Crippen LogP contribution in [0.15, 0.2) is 76.1 Å².